The number of carbonyl (C=O) groups excluding carboxylic acids is 1. The van der Waals surface area contributed by atoms with Gasteiger partial charge in [-0.15, -0.1) is 0 Å². The lowest BCUT2D eigenvalue weighted by molar-refractivity contribution is -0.905. The van der Waals surface area contributed by atoms with Crippen LogP contribution in [0, 0.1) is 0 Å². The van der Waals surface area contributed by atoms with Gasteiger partial charge in [-0.2, -0.15) is 0 Å². The molecule has 0 spiro atoms. The van der Waals surface area contributed by atoms with Crippen molar-refractivity contribution in [3.63, 3.8) is 0 Å². The number of nitrogens with one attached hydrogen (secondary N) is 2. The van der Waals surface area contributed by atoms with Gasteiger partial charge in [0.2, 0.25) is 0 Å². The molecule has 7 heteroatoms. The third kappa shape index (κ3) is 3.80. The smallest absolute Gasteiger partial charge is 0.277 e. The summed E-state index contributed by atoms with van der Waals surface area (Å²) < 4.78 is 5.28. The molecule has 0 aliphatic carbocycles. The Labute approximate surface area is 140 Å². The molecule has 3 rings (SSSR count). The van der Waals surface area contributed by atoms with Gasteiger partial charge in [-0.1, -0.05) is 12.1 Å². The Kier molecular flexibility index (Phi) is 5.22. The van der Waals surface area contributed by atoms with Gasteiger partial charge in [0.05, 0.1) is 30.7 Å². The van der Waals surface area contributed by atoms with Crippen LogP contribution in [-0.4, -0.2) is 60.2 Å². The molecule has 2 aromatic rings. The second-order valence-corrected chi connectivity index (χ2v) is 5.98. The van der Waals surface area contributed by atoms with Gasteiger partial charge in [0.1, 0.15) is 6.54 Å². The Morgan fingerprint density at radius 1 is 1.33 bits per heavy atom. The number of morpholine rings is 1. The molecule has 1 atom stereocenters. The van der Waals surface area contributed by atoms with E-state index in [2.05, 4.69) is 9.97 Å². The summed E-state index contributed by atoms with van der Waals surface area (Å²) >= 11 is 0. The number of nitrogens with zero attached hydrogens (tertiary/aromatic N) is 2. The molecule has 1 amide bonds. The number of hydrogen-bond acceptors (Lipinski definition) is 4. The first-order chi connectivity index (χ1) is 11.7. The highest BCUT2D eigenvalue weighted by molar-refractivity contribution is 5.77. The Morgan fingerprint density at radius 2 is 2.08 bits per heavy atom. The van der Waals surface area contributed by atoms with E-state index in [0.717, 1.165) is 11.4 Å². The van der Waals surface area contributed by atoms with Gasteiger partial charge in [-0.05, 0) is 19.1 Å². The van der Waals surface area contributed by atoms with E-state index in [0.29, 0.717) is 56.1 Å². The molecule has 1 aliphatic rings. The van der Waals surface area contributed by atoms with E-state index in [-0.39, 0.29) is 11.5 Å². The van der Waals surface area contributed by atoms with Gasteiger partial charge in [0.15, 0.2) is 12.4 Å². The predicted molar refractivity (Wildman–Crippen MR) is 89.8 cm³/mol. The van der Waals surface area contributed by atoms with Crippen LogP contribution in [0.3, 0.4) is 0 Å². The van der Waals surface area contributed by atoms with Crippen LogP contribution in [0.25, 0.3) is 10.9 Å². The van der Waals surface area contributed by atoms with Crippen LogP contribution in [-0.2, 0) is 16.1 Å². The van der Waals surface area contributed by atoms with Crippen LogP contribution in [0.5, 0.6) is 0 Å². The summed E-state index contributed by atoms with van der Waals surface area (Å²) in [6.45, 7) is 6.24. The quantitative estimate of drug-likeness (QED) is 0.751. The van der Waals surface area contributed by atoms with Gasteiger partial charge in [-0.25, -0.2) is 4.98 Å². The standard InChI is InChI=1S/C17H22N4O3/c1-2-20(12-16(22)21-7-9-24-10-8-21)11-15-18-14-6-4-3-5-13(14)17(23)19-15/h3-6H,2,7-12H2,1H3,(H,18,19,23)/p+1. The van der Waals surface area contributed by atoms with E-state index in [1.54, 1.807) is 6.07 Å². The molecule has 24 heavy (non-hydrogen) atoms. The normalized spacial score (nSPS) is 16.3. The number of rotatable bonds is 5. The van der Waals surface area contributed by atoms with Crippen molar-refractivity contribution in [2.75, 3.05) is 39.4 Å². The summed E-state index contributed by atoms with van der Waals surface area (Å²) in [5, 5.41) is 0.587. The van der Waals surface area contributed by atoms with Crippen LogP contribution in [0.4, 0.5) is 0 Å². The zero-order valence-corrected chi connectivity index (χ0v) is 13.9. The summed E-state index contributed by atoms with van der Waals surface area (Å²) in [5.74, 6) is 0.739. The van der Waals surface area contributed by atoms with E-state index in [9.17, 15) is 9.59 Å². The van der Waals surface area contributed by atoms with Gasteiger partial charge in [0.25, 0.3) is 11.5 Å². The van der Waals surface area contributed by atoms with Crippen molar-refractivity contribution in [1.82, 2.24) is 14.9 Å². The summed E-state index contributed by atoms with van der Waals surface area (Å²) in [4.78, 5) is 34.8. The summed E-state index contributed by atoms with van der Waals surface area (Å²) in [7, 11) is 0. The topological polar surface area (TPSA) is 79.7 Å². The number of aromatic nitrogens is 2. The summed E-state index contributed by atoms with van der Waals surface area (Å²) in [5.41, 5.74) is 0.553. The van der Waals surface area contributed by atoms with E-state index in [1.165, 1.54) is 0 Å². The van der Waals surface area contributed by atoms with Gasteiger partial charge in [0, 0.05) is 13.1 Å². The minimum atomic E-state index is -0.134. The fraction of sp³-hybridized carbons (Fsp3) is 0.471. The van der Waals surface area contributed by atoms with Crippen LogP contribution < -0.4 is 10.5 Å². The molecule has 1 fully saturated rings. The van der Waals surface area contributed by atoms with Crippen molar-refractivity contribution in [3.05, 3.63) is 40.4 Å². The van der Waals surface area contributed by atoms with Crippen molar-refractivity contribution in [2.24, 2.45) is 0 Å². The maximum Gasteiger partial charge on any atom is 0.277 e. The lowest BCUT2D eigenvalue weighted by Gasteiger charge is -2.28. The number of likely N-dealkylation sites (N-methyl/N-ethyl adjacent to an activating group) is 1. The Hall–Kier alpha value is -2.25. The third-order valence-electron chi connectivity index (χ3n) is 4.34. The molecule has 1 aliphatic heterocycles. The highest BCUT2D eigenvalue weighted by atomic mass is 16.5. The Morgan fingerprint density at radius 3 is 2.83 bits per heavy atom. The molecule has 2 N–H and O–H groups in total. The van der Waals surface area contributed by atoms with Crippen molar-refractivity contribution in [3.8, 4) is 0 Å². The Balaban J connectivity index is 1.70. The molecular weight excluding hydrogens is 308 g/mol. The average molecular weight is 331 g/mol. The number of quaternary nitrogens is 1. The number of benzene rings is 1. The second-order valence-electron chi connectivity index (χ2n) is 5.98. The number of carbonyl (C=O) groups is 1. The Bertz CT molecular complexity index is 768. The lowest BCUT2D eigenvalue weighted by Crippen LogP contribution is -3.11. The first kappa shape index (κ1) is 16.6. The zero-order chi connectivity index (χ0) is 16.9. The predicted octanol–water partition coefficient (Wildman–Crippen LogP) is -0.813. The average Bonchev–Trinajstić information content (AvgIpc) is 2.62. The van der Waals surface area contributed by atoms with Gasteiger partial charge < -0.3 is 19.5 Å². The number of H-pyrrole nitrogens is 1. The third-order valence-corrected chi connectivity index (χ3v) is 4.34. The summed E-state index contributed by atoms with van der Waals surface area (Å²) in [6, 6.07) is 7.28. The highest BCUT2D eigenvalue weighted by Crippen LogP contribution is 2.05. The van der Waals surface area contributed by atoms with E-state index >= 15 is 0 Å². The molecule has 128 valence electrons. The fourth-order valence-corrected chi connectivity index (χ4v) is 2.91. The first-order valence-electron chi connectivity index (χ1n) is 8.34. The molecule has 0 saturated carbocycles. The number of fused-ring (bicyclic) bond motifs is 1. The van der Waals surface area contributed by atoms with Crippen molar-refractivity contribution >= 4 is 16.8 Å². The van der Waals surface area contributed by atoms with Crippen LogP contribution in [0.1, 0.15) is 12.7 Å². The van der Waals surface area contributed by atoms with E-state index in [4.69, 9.17) is 4.74 Å². The van der Waals surface area contributed by atoms with Gasteiger partial charge >= 0.3 is 0 Å². The van der Waals surface area contributed by atoms with Gasteiger partial charge in [-0.3, -0.25) is 9.59 Å². The monoisotopic (exact) mass is 331 g/mol. The maximum atomic E-state index is 12.4. The number of hydrogen-bond donors (Lipinski definition) is 2. The minimum absolute atomic E-state index is 0.123. The fourth-order valence-electron chi connectivity index (χ4n) is 2.91. The molecule has 7 nitrogen and oxygen atoms in total. The van der Waals surface area contributed by atoms with Crippen molar-refractivity contribution in [1.29, 1.82) is 0 Å². The minimum Gasteiger partial charge on any atom is -0.378 e. The molecule has 1 aromatic heterocycles. The van der Waals surface area contributed by atoms with Crippen LogP contribution in [0.2, 0.25) is 0 Å². The maximum absolute atomic E-state index is 12.4. The molecule has 1 aromatic carbocycles. The summed E-state index contributed by atoms with van der Waals surface area (Å²) in [6.07, 6.45) is 0. The van der Waals surface area contributed by atoms with Crippen LogP contribution >= 0.6 is 0 Å². The molecule has 1 saturated heterocycles. The van der Waals surface area contributed by atoms with E-state index in [1.807, 2.05) is 30.0 Å². The van der Waals surface area contributed by atoms with Crippen molar-refractivity contribution < 1.29 is 14.4 Å². The van der Waals surface area contributed by atoms with Crippen LogP contribution in [0.15, 0.2) is 29.1 Å². The number of para-hydroxylation sites is 1. The largest absolute Gasteiger partial charge is 0.378 e. The number of ether oxygens (including phenoxy) is 1. The van der Waals surface area contributed by atoms with Crippen molar-refractivity contribution in [2.45, 2.75) is 13.5 Å². The number of aromatic amines is 1. The molecule has 1 unspecified atom stereocenters. The molecule has 0 radical (unpaired) electrons. The number of amides is 1. The molecular formula is C17H23N4O3+. The van der Waals surface area contributed by atoms with E-state index < -0.39 is 0 Å². The second kappa shape index (κ2) is 7.55. The lowest BCUT2D eigenvalue weighted by atomic mass is 10.2. The SMILES string of the molecule is CC[NH+](CC(=O)N1CCOCC1)Cc1nc2ccccc2c(=O)[nH]1. The zero-order valence-electron chi connectivity index (χ0n) is 13.9. The molecule has 0 bridgehead atoms. The highest BCUT2D eigenvalue weighted by Gasteiger charge is 2.22. The first-order valence-corrected chi connectivity index (χ1v) is 8.34. The molecule has 2 heterocycles.